The van der Waals surface area contributed by atoms with Gasteiger partial charge < -0.3 is 5.32 Å². The lowest BCUT2D eigenvalue weighted by Gasteiger charge is -2.25. The number of carbonyl (C=O) groups is 1. The Hall–Kier alpha value is -3.55. The molecule has 0 bridgehead atoms. The first-order valence-corrected chi connectivity index (χ1v) is 11.8. The first-order valence-electron chi connectivity index (χ1n) is 11.8. The predicted octanol–water partition coefficient (Wildman–Crippen LogP) is 5.73. The van der Waals surface area contributed by atoms with Gasteiger partial charge in [-0.1, -0.05) is 35.9 Å². The van der Waals surface area contributed by atoms with Crippen molar-refractivity contribution in [1.29, 1.82) is 0 Å². The van der Waals surface area contributed by atoms with Crippen molar-refractivity contribution in [3.63, 3.8) is 0 Å². The lowest BCUT2D eigenvalue weighted by Crippen LogP contribution is -2.37. The monoisotopic (exact) mass is 478 g/mol. The molecule has 0 radical (unpaired) electrons. The second-order valence-corrected chi connectivity index (χ2v) is 9.30. The number of benzene rings is 1. The Morgan fingerprint density at radius 2 is 1.86 bits per heavy atom. The maximum absolute atomic E-state index is 12.9. The number of nitrogens with one attached hydrogen (secondary N) is 1. The van der Waals surface area contributed by atoms with Crippen molar-refractivity contribution >= 4 is 12.0 Å². The van der Waals surface area contributed by atoms with Gasteiger partial charge in [-0.15, -0.1) is 5.10 Å². The number of rotatable bonds is 5. The third-order valence-electron chi connectivity index (χ3n) is 6.91. The zero-order valence-electron chi connectivity index (χ0n) is 19.1. The van der Waals surface area contributed by atoms with E-state index in [0.29, 0.717) is 11.4 Å². The normalized spacial score (nSPS) is 19.2. The van der Waals surface area contributed by atoms with Gasteiger partial charge in [0.2, 0.25) is 0 Å². The Labute approximate surface area is 201 Å². The van der Waals surface area contributed by atoms with Crippen LogP contribution >= 0.6 is 0 Å². The zero-order valence-corrected chi connectivity index (χ0v) is 19.1. The Morgan fingerprint density at radius 3 is 2.49 bits per heavy atom. The third-order valence-corrected chi connectivity index (χ3v) is 6.91. The summed E-state index contributed by atoms with van der Waals surface area (Å²) in [7, 11) is 0. The van der Waals surface area contributed by atoms with Crippen molar-refractivity contribution in [3.05, 3.63) is 94.6 Å². The number of halogens is 3. The fraction of sp³-hybridized carbons (Fsp3) is 0.333. The highest BCUT2D eigenvalue weighted by atomic mass is 19.4. The lowest BCUT2D eigenvalue weighted by molar-refractivity contribution is -0.137. The molecule has 35 heavy (non-hydrogen) atoms. The van der Waals surface area contributed by atoms with E-state index in [4.69, 9.17) is 0 Å². The number of aromatic nitrogens is 3. The molecule has 2 heterocycles. The minimum absolute atomic E-state index is 0.105. The van der Waals surface area contributed by atoms with E-state index in [0.717, 1.165) is 61.9 Å². The van der Waals surface area contributed by atoms with Crippen LogP contribution in [0.3, 0.4) is 0 Å². The number of nitrogens with zero attached hydrogens (tertiary/aromatic N) is 3. The van der Waals surface area contributed by atoms with Crippen LogP contribution in [0.4, 0.5) is 13.2 Å². The summed E-state index contributed by atoms with van der Waals surface area (Å²) in [4.78, 5) is 16.5. The molecular formula is C27H25F3N4O. The summed E-state index contributed by atoms with van der Waals surface area (Å²) in [5.41, 5.74) is 3.48. The van der Waals surface area contributed by atoms with Crippen molar-refractivity contribution < 1.29 is 18.0 Å². The van der Waals surface area contributed by atoms with Gasteiger partial charge in [-0.25, -0.2) is 0 Å². The van der Waals surface area contributed by atoms with Crippen molar-refractivity contribution in [1.82, 2.24) is 20.5 Å². The molecule has 1 aromatic carbocycles. The van der Waals surface area contributed by atoms with Crippen LogP contribution < -0.4 is 5.32 Å². The molecule has 1 amide bonds. The van der Waals surface area contributed by atoms with Crippen molar-refractivity contribution in [2.45, 2.75) is 56.2 Å². The maximum atomic E-state index is 12.9. The summed E-state index contributed by atoms with van der Waals surface area (Å²) in [5, 5.41) is 10.6. The number of pyridine rings is 1. The molecule has 5 rings (SSSR count). The standard InChI is InChI=1S/C27H25F3N4O/c28-27(29,30)21-8-11-24(31-17-21)26(12-13-26)20-4-1-3-19(16-20)15-18-6-9-22(10-7-18)33-25(35)23-5-2-14-32-34-23/h1-5,8,11,14-17,22H,6-7,9-10,12-13H2,(H,33,35). The second-order valence-electron chi connectivity index (χ2n) is 9.30. The van der Waals surface area contributed by atoms with Crippen LogP contribution in [0.1, 0.15) is 71.4 Å². The van der Waals surface area contributed by atoms with Crippen LogP contribution in [0.2, 0.25) is 0 Å². The van der Waals surface area contributed by atoms with Crippen LogP contribution in [0, 0.1) is 0 Å². The van der Waals surface area contributed by atoms with E-state index in [1.165, 1.54) is 17.8 Å². The Balaban J connectivity index is 1.24. The van der Waals surface area contributed by atoms with Gasteiger partial charge in [-0.3, -0.25) is 9.78 Å². The minimum Gasteiger partial charge on any atom is -0.348 e. The molecule has 180 valence electrons. The van der Waals surface area contributed by atoms with Crippen LogP contribution in [0.15, 0.2) is 66.5 Å². The zero-order chi connectivity index (χ0) is 24.5. The molecule has 5 nitrogen and oxygen atoms in total. The predicted molar refractivity (Wildman–Crippen MR) is 125 cm³/mol. The van der Waals surface area contributed by atoms with E-state index in [1.807, 2.05) is 12.1 Å². The molecular weight excluding hydrogens is 453 g/mol. The highest BCUT2D eigenvalue weighted by Gasteiger charge is 2.47. The summed E-state index contributed by atoms with van der Waals surface area (Å²) in [6, 6.07) is 14.3. The molecule has 8 heteroatoms. The van der Waals surface area contributed by atoms with Crippen molar-refractivity contribution in [3.8, 4) is 0 Å². The fourth-order valence-electron chi connectivity index (χ4n) is 4.78. The molecule has 3 aromatic rings. The first kappa shape index (κ1) is 23.2. The van der Waals surface area contributed by atoms with Gasteiger partial charge in [0.25, 0.3) is 5.91 Å². The highest BCUT2D eigenvalue weighted by Crippen LogP contribution is 2.53. The maximum Gasteiger partial charge on any atom is 0.417 e. The molecule has 2 aliphatic carbocycles. The largest absolute Gasteiger partial charge is 0.417 e. The first-order chi connectivity index (χ1) is 16.8. The minimum atomic E-state index is -4.38. The quantitative estimate of drug-likeness (QED) is 0.509. The van der Waals surface area contributed by atoms with E-state index in [2.05, 4.69) is 38.7 Å². The van der Waals surface area contributed by atoms with E-state index < -0.39 is 11.7 Å². The average Bonchev–Trinajstić information content (AvgIpc) is 3.68. The van der Waals surface area contributed by atoms with Gasteiger partial charge in [0.1, 0.15) is 0 Å². The number of hydrogen-bond acceptors (Lipinski definition) is 4. The van der Waals surface area contributed by atoms with E-state index in [1.54, 1.807) is 12.1 Å². The van der Waals surface area contributed by atoms with Gasteiger partial charge >= 0.3 is 6.18 Å². The molecule has 0 aliphatic heterocycles. The number of amides is 1. The topological polar surface area (TPSA) is 67.8 Å². The molecule has 0 atom stereocenters. The van der Waals surface area contributed by atoms with E-state index in [-0.39, 0.29) is 17.4 Å². The average molecular weight is 479 g/mol. The van der Waals surface area contributed by atoms with Gasteiger partial charge in [-0.05, 0) is 73.9 Å². The summed E-state index contributed by atoms with van der Waals surface area (Å²) >= 11 is 0. The van der Waals surface area contributed by atoms with Gasteiger partial charge in [0.15, 0.2) is 5.69 Å². The Bertz CT molecular complexity index is 1230. The van der Waals surface area contributed by atoms with Crippen LogP contribution in [-0.4, -0.2) is 27.1 Å². The lowest BCUT2D eigenvalue weighted by atomic mass is 9.87. The molecule has 0 unspecified atom stereocenters. The van der Waals surface area contributed by atoms with Crippen LogP contribution in [-0.2, 0) is 11.6 Å². The summed E-state index contributed by atoms with van der Waals surface area (Å²) < 4.78 is 38.8. The highest BCUT2D eigenvalue weighted by molar-refractivity contribution is 5.92. The Kier molecular flexibility index (Phi) is 6.13. The van der Waals surface area contributed by atoms with Gasteiger partial charge in [-0.2, -0.15) is 18.3 Å². The van der Waals surface area contributed by atoms with Gasteiger partial charge in [0, 0.05) is 23.9 Å². The van der Waals surface area contributed by atoms with Crippen molar-refractivity contribution in [2.75, 3.05) is 0 Å². The van der Waals surface area contributed by atoms with Crippen LogP contribution in [0.5, 0.6) is 0 Å². The summed E-state index contributed by atoms with van der Waals surface area (Å²) in [6.45, 7) is 0. The molecule has 2 aromatic heterocycles. The molecule has 2 aliphatic rings. The number of carbonyl (C=O) groups excluding carboxylic acids is 1. The SMILES string of the molecule is O=C(NC1CCC(=Cc2cccc(C3(c4ccc(C(F)(F)F)cn4)CC3)c2)CC1)c1cccnn1. The number of allylic oxidation sites excluding steroid dienone is 1. The van der Waals surface area contributed by atoms with Crippen LogP contribution in [0.25, 0.3) is 6.08 Å². The smallest absolute Gasteiger partial charge is 0.348 e. The summed E-state index contributed by atoms with van der Waals surface area (Å²) in [5.74, 6) is -0.199. The molecule has 2 fully saturated rings. The van der Waals surface area contributed by atoms with E-state index in [9.17, 15) is 18.0 Å². The number of alkyl halides is 3. The molecule has 1 N–H and O–H groups in total. The second kappa shape index (κ2) is 9.24. The summed E-state index contributed by atoms with van der Waals surface area (Å²) in [6.07, 6.45) is 5.52. The fourth-order valence-corrected chi connectivity index (χ4v) is 4.78. The molecule has 2 saturated carbocycles. The van der Waals surface area contributed by atoms with Gasteiger partial charge in [0.05, 0.1) is 11.3 Å². The molecule has 0 saturated heterocycles. The number of hydrogen-bond donors (Lipinski definition) is 1. The Morgan fingerprint density at radius 1 is 1.06 bits per heavy atom. The third kappa shape index (κ3) is 5.11. The van der Waals surface area contributed by atoms with E-state index >= 15 is 0 Å². The van der Waals surface area contributed by atoms with Crippen molar-refractivity contribution in [2.24, 2.45) is 0 Å². The molecule has 0 spiro atoms.